The number of alkyl carbamates (subject to hydrolysis) is 1. The number of hydrogen-bond donors (Lipinski definition) is 3. The first-order valence-electron chi connectivity index (χ1n) is 20.7. The van der Waals surface area contributed by atoms with Gasteiger partial charge < -0.3 is 34.5 Å². The molecule has 3 N–H and O–H groups in total. The van der Waals surface area contributed by atoms with Gasteiger partial charge in [-0.3, -0.25) is 19.1 Å². The van der Waals surface area contributed by atoms with E-state index in [1.807, 2.05) is 25.1 Å². The van der Waals surface area contributed by atoms with Crippen LogP contribution in [0.1, 0.15) is 89.5 Å². The first kappa shape index (κ1) is 39.9. The van der Waals surface area contributed by atoms with Gasteiger partial charge in [0.05, 0.1) is 31.0 Å². The molecular weight excluding hydrogens is 767 g/mol. The van der Waals surface area contributed by atoms with Crippen LogP contribution < -0.4 is 29.6 Å². The third-order valence-electron chi connectivity index (χ3n) is 12.8. The summed E-state index contributed by atoms with van der Waals surface area (Å²) >= 11 is 0. The smallest absolute Gasteiger partial charge is 0.408 e. The van der Waals surface area contributed by atoms with Crippen molar-refractivity contribution in [3.8, 4) is 17.4 Å². The Kier molecular flexibility index (Phi) is 11.1. The second-order valence-electron chi connectivity index (χ2n) is 16.6. The molecule has 8 rings (SSSR count). The van der Waals surface area contributed by atoms with E-state index in [9.17, 15) is 27.6 Å². The summed E-state index contributed by atoms with van der Waals surface area (Å²) in [6.45, 7) is 6.00. The maximum absolute atomic E-state index is 14.9. The van der Waals surface area contributed by atoms with E-state index in [1.165, 1.54) is 11.0 Å². The number of fused-ring (bicyclic) bond motifs is 4. The van der Waals surface area contributed by atoms with Crippen LogP contribution in [0.5, 0.6) is 17.4 Å². The molecule has 5 fully saturated rings. The largest absolute Gasteiger partial charge is 0.496 e. The van der Waals surface area contributed by atoms with Gasteiger partial charge in [0.25, 0.3) is 5.91 Å². The lowest BCUT2D eigenvalue weighted by Crippen LogP contribution is -2.59. The predicted octanol–water partition coefficient (Wildman–Crippen LogP) is 4.53. The lowest BCUT2D eigenvalue weighted by molar-refractivity contribution is -0.142. The Balaban J connectivity index is 1.17. The Hall–Kier alpha value is -4.86. The van der Waals surface area contributed by atoms with Crippen LogP contribution in [0.4, 0.5) is 4.79 Å². The Morgan fingerprint density at radius 1 is 1.07 bits per heavy atom. The van der Waals surface area contributed by atoms with Gasteiger partial charge in [-0.1, -0.05) is 31.1 Å². The monoisotopic (exact) mass is 819 g/mol. The molecule has 1 aromatic heterocycles. The zero-order valence-corrected chi connectivity index (χ0v) is 33.9. The molecule has 16 heteroatoms. The zero-order chi connectivity index (χ0) is 40.8. The van der Waals surface area contributed by atoms with E-state index in [0.29, 0.717) is 73.4 Å². The van der Waals surface area contributed by atoms with E-state index in [4.69, 9.17) is 23.9 Å². The number of carbonyl (C=O) groups excluding carboxylic acids is 4. The third kappa shape index (κ3) is 7.95. The first-order chi connectivity index (χ1) is 27.9. The minimum atomic E-state index is -3.91. The molecule has 0 radical (unpaired) electrons. The van der Waals surface area contributed by atoms with E-state index in [0.717, 1.165) is 31.2 Å². The quantitative estimate of drug-likeness (QED) is 0.286. The van der Waals surface area contributed by atoms with Crippen LogP contribution in [0, 0.1) is 17.8 Å². The van der Waals surface area contributed by atoms with Crippen LogP contribution in [0.2, 0.25) is 0 Å². The second-order valence-corrected chi connectivity index (χ2v) is 18.6. The van der Waals surface area contributed by atoms with Crippen molar-refractivity contribution in [2.24, 2.45) is 17.8 Å². The number of benzene rings is 1. The molecule has 0 spiro atoms. The molecule has 1 aromatic carbocycles. The van der Waals surface area contributed by atoms with Gasteiger partial charge in [0.2, 0.25) is 27.7 Å². The van der Waals surface area contributed by atoms with E-state index < -0.39 is 68.7 Å². The number of sulfonamides is 1. The highest BCUT2D eigenvalue weighted by Crippen LogP contribution is 2.46. The number of nitrogens with one attached hydrogen (secondary N) is 3. The summed E-state index contributed by atoms with van der Waals surface area (Å²) in [5, 5.41) is 5.82. The highest BCUT2D eigenvalue weighted by Gasteiger charge is 2.62. The molecule has 6 aliphatic rings. The molecule has 312 valence electrons. The SMILES string of the molecule is C=C[C@H]1C[C@]1(NC(=O)[C@@H]1C[C@@H]2CN1C(=O)[C@H](C1CCCC1)NC(=O)O[C@H]1CCC[C@H]1C/C=C/c1cc3c(cc(OCC)nc3cc1OC)O2)C(=O)NS(=O)(=O)C1CC1. The van der Waals surface area contributed by atoms with Gasteiger partial charge in [0, 0.05) is 35.4 Å². The van der Waals surface area contributed by atoms with Crippen molar-refractivity contribution in [3.05, 3.63) is 42.5 Å². The van der Waals surface area contributed by atoms with Crippen molar-refractivity contribution in [1.82, 2.24) is 25.2 Å². The molecule has 7 atom stereocenters. The van der Waals surface area contributed by atoms with Crippen LogP contribution in [-0.2, 0) is 29.1 Å². The molecular formula is C42H53N5O10S. The molecule has 0 unspecified atom stereocenters. The highest BCUT2D eigenvalue weighted by atomic mass is 32.2. The van der Waals surface area contributed by atoms with Gasteiger partial charge in [-0.25, -0.2) is 18.2 Å². The number of hydrogen-bond acceptors (Lipinski definition) is 11. The molecule has 4 saturated carbocycles. The van der Waals surface area contributed by atoms with Crippen molar-refractivity contribution in [2.45, 2.75) is 119 Å². The van der Waals surface area contributed by atoms with Crippen molar-refractivity contribution >= 4 is 50.8 Å². The number of allylic oxidation sites excluding steroid dienone is 1. The minimum absolute atomic E-state index is 0.0155. The van der Waals surface area contributed by atoms with Gasteiger partial charge in [0.1, 0.15) is 41.3 Å². The summed E-state index contributed by atoms with van der Waals surface area (Å²) in [7, 11) is -2.32. The number of nitrogens with zero attached hydrogens (tertiary/aromatic N) is 2. The predicted molar refractivity (Wildman–Crippen MR) is 213 cm³/mol. The molecule has 4 bridgehead atoms. The number of amides is 4. The Labute approximate surface area is 338 Å². The van der Waals surface area contributed by atoms with Gasteiger partial charge >= 0.3 is 6.09 Å². The molecule has 2 aromatic rings. The van der Waals surface area contributed by atoms with E-state index in [1.54, 1.807) is 13.2 Å². The van der Waals surface area contributed by atoms with E-state index >= 15 is 0 Å². The maximum atomic E-state index is 14.9. The molecule has 4 aliphatic carbocycles. The zero-order valence-electron chi connectivity index (χ0n) is 33.1. The third-order valence-corrected chi connectivity index (χ3v) is 14.6. The summed E-state index contributed by atoms with van der Waals surface area (Å²) in [6, 6.07) is 3.35. The van der Waals surface area contributed by atoms with E-state index in [2.05, 4.69) is 28.0 Å². The average Bonchev–Trinajstić information content (AvgIpc) is 3.99. The van der Waals surface area contributed by atoms with Gasteiger partial charge in [0.15, 0.2) is 0 Å². The number of pyridine rings is 1. The fourth-order valence-corrected chi connectivity index (χ4v) is 10.7. The fourth-order valence-electron chi connectivity index (χ4n) is 9.36. The van der Waals surface area contributed by atoms with Crippen LogP contribution in [0.25, 0.3) is 17.0 Å². The average molecular weight is 820 g/mol. The van der Waals surface area contributed by atoms with Crippen LogP contribution >= 0.6 is 0 Å². The van der Waals surface area contributed by atoms with Crippen molar-refractivity contribution in [2.75, 3.05) is 20.3 Å². The van der Waals surface area contributed by atoms with Crippen LogP contribution in [-0.4, -0.2) is 97.5 Å². The lowest BCUT2D eigenvalue weighted by Gasteiger charge is -2.32. The molecule has 2 aliphatic heterocycles. The van der Waals surface area contributed by atoms with Gasteiger partial charge in [-0.05, 0) is 82.6 Å². The fraction of sp³-hybridized carbons (Fsp3) is 0.595. The van der Waals surface area contributed by atoms with Crippen LogP contribution in [0.3, 0.4) is 0 Å². The van der Waals surface area contributed by atoms with Gasteiger partial charge in [-0.2, -0.15) is 0 Å². The van der Waals surface area contributed by atoms with Crippen molar-refractivity contribution in [3.63, 3.8) is 0 Å². The Morgan fingerprint density at radius 2 is 1.84 bits per heavy atom. The minimum Gasteiger partial charge on any atom is -0.496 e. The van der Waals surface area contributed by atoms with Crippen LogP contribution in [0.15, 0.2) is 36.9 Å². The summed E-state index contributed by atoms with van der Waals surface area (Å²) in [6.07, 6.45) is 11.3. The Bertz CT molecular complexity index is 2120. The summed E-state index contributed by atoms with van der Waals surface area (Å²) in [4.78, 5) is 63.0. The molecule has 3 heterocycles. The Morgan fingerprint density at radius 3 is 2.55 bits per heavy atom. The second kappa shape index (κ2) is 16.1. The summed E-state index contributed by atoms with van der Waals surface area (Å²) in [5.74, 6) is -1.18. The number of rotatable bonds is 10. The number of aromatic nitrogens is 1. The molecule has 4 amide bonds. The lowest BCUT2D eigenvalue weighted by atomic mass is 9.96. The standard InChI is InChI=1S/C42H53N5O10S/c1-4-27-22-42(27,40(50)46-58(52,53)29-16-17-29)45-38(48)32-19-28-23-47(32)39(49)37(25-10-6-7-11-25)44-41(51)57-33-15-9-13-24(33)12-8-14-26-18-30-31(20-34(26)54-3)43-36(55-5-2)21-35(30)56-28/h4,8,14,18,20-21,24-25,27-29,32-33,37H,1,5-7,9-13,15-17,19,22-23H2,2-3H3,(H,44,51)(H,45,48)(H,46,50)/b14-8+/t24-,27+,28-,32+,33+,37+,42-/m1/s1. The highest BCUT2D eigenvalue weighted by molar-refractivity contribution is 7.91. The van der Waals surface area contributed by atoms with Gasteiger partial charge in [-0.15, -0.1) is 6.58 Å². The number of ether oxygens (including phenoxy) is 4. The maximum Gasteiger partial charge on any atom is 0.408 e. The number of carbonyl (C=O) groups is 4. The summed E-state index contributed by atoms with van der Waals surface area (Å²) in [5.41, 5.74) is -0.202. The molecule has 58 heavy (non-hydrogen) atoms. The van der Waals surface area contributed by atoms with Crippen molar-refractivity contribution < 1.29 is 46.5 Å². The first-order valence-corrected chi connectivity index (χ1v) is 22.2. The topological polar surface area (TPSA) is 192 Å². The molecule has 15 nitrogen and oxygen atoms in total. The molecule has 1 saturated heterocycles. The van der Waals surface area contributed by atoms with Crippen molar-refractivity contribution in [1.29, 1.82) is 0 Å². The normalized spacial score (nSPS) is 30.6. The number of methoxy groups -OCH3 is 1. The van der Waals surface area contributed by atoms with E-state index in [-0.39, 0.29) is 37.3 Å². The summed E-state index contributed by atoms with van der Waals surface area (Å²) < 4.78 is 52.2.